The number of halogens is 1. The van der Waals surface area contributed by atoms with Crippen LogP contribution < -0.4 is 5.32 Å². The van der Waals surface area contributed by atoms with Gasteiger partial charge in [0, 0.05) is 29.3 Å². The molecule has 2 aliphatic heterocycles. The van der Waals surface area contributed by atoms with E-state index in [1.54, 1.807) is 0 Å². The van der Waals surface area contributed by atoms with Crippen molar-refractivity contribution in [3.63, 3.8) is 0 Å². The maximum absolute atomic E-state index is 3.69. The molecule has 1 aromatic carbocycles. The normalized spacial score (nSPS) is 32.7. The van der Waals surface area contributed by atoms with Crippen LogP contribution in [0.2, 0.25) is 0 Å². The summed E-state index contributed by atoms with van der Waals surface area (Å²) in [6, 6.07) is 9.17. The van der Waals surface area contributed by atoms with Crippen LogP contribution >= 0.6 is 15.9 Å². The molecule has 2 aliphatic rings. The van der Waals surface area contributed by atoms with E-state index in [4.69, 9.17) is 0 Å². The standard InChI is InChI=1S/C13H17BrN2/c14-11-2-1-3-12(8-11)15-13-5-7-16-6-4-10(13)9-16/h1-3,8,10,13,15H,4-7,9H2. The van der Waals surface area contributed by atoms with Crippen molar-refractivity contribution in [2.75, 3.05) is 25.0 Å². The molecule has 0 aromatic heterocycles. The molecule has 3 atom stereocenters. The molecule has 2 heterocycles. The first-order chi connectivity index (χ1) is 7.81. The van der Waals surface area contributed by atoms with Crippen molar-refractivity contribution in [3.05, 3.63) is 28.7 Å². The fraction of sp³-hybridized carbons (Fsp3) is 0.538. The molecule has 1 aromatic rings. The van der Waals surface area contributed by atoms with Gasteiger partial charge in [-0.1, -0.05) is 22.0 Å². The molecule has 3 unspecified atom stereocenters. The lowest BCUT2D eigenvalue weighted by molar-refractivity contribution is 0.255. The Morgan fingerprint density at radius 2 is 2.12 bits per heavy atom. The lowest BCUT2D eigenvalue weighted by Crippen LogP contribution is -2.39. The summed E-state index contributed by atoms with van der Waals surface area (Å²) in [6.45, 7) is 3.87. The lowest BCUT2D eigenvalue weighted by Gasteiger charge is -2.31. The van der Waals surface area contributed by atoms with Gasteiger partial charge in [0.1, 0.15) is 0 Å². The average molecular weight is 281 g/mol. The van der Waals surface area contributed by atoms with Crippen LogP contribution in [-0.4, -0.2) is 30.6 Å². The third kappa shape index (κ3) is 2.11. The highest BCUT2D eigenvalue weighted by Crippen LogP contribution is 2.29. The fourth-order valence-electron chi connectivity index (χ4n) is 2.93. The zero-order valence-electron chi connectivity index (χ0n) is 9.32. The molecule has 2 nitrogen and oxygen atoms in total. The number of hydrogen-bond acceptors (Lipinski definition) is 2. The highest BCUT2D eigenvalue weighted by Gasteiger charge is 2.33. The average Bonchev–Trinajstić information content (AvgIpc) is 2.66. The van der Waals surface area contributed by atoms with E-state index in [9.17, 15) is 0 Å². The van der Waals surface area contributed by atoms with E-state index in [1.165, 1.54) is 38.2 Å². The van der Waals surface area contributed by atoms with Crippen LogP contribution in [0.1, 0.15) is 12.8 Å². The molecule has 86 valence electrons. The van der Waals surface area contributed by atoms with Gasteiger partial charge in [-0.25, -0.2) is 0 Å². The maximum Gasteiger partial charge on any atom is 0.0353 e. The first kappa shape index (κ1) is 10.6. The Bertz CT molecular complexity index is 380. The molecule has 0 spiro atoms. The van der Waals surface area contributed by atoms with Crippen LogP contribution in [0.15, 0.2) is 28.7 Å². The van der Waals surface area contributed by atoms with Gasteiger partial charge in [0.25, 0.3) is 0 Å². The predicted molar refractivity (Wildman–Crippen MR) is 70.7 cm³/mol. The van der Waals surface area contributed by atoms with Gasteiger partial charge in [0.15, 0.2) is 0 Å². The summed E-state index contributed by atoms with van der Waals surface area (Å²) in [6.07, 6.45) is 2.66. The second kappa shape index (κ2) is 4.38. The minimum absolute atomic E-state index is 0.674. The zero-order valence-corrected chi connectivity index (χ0v) is 10.9. The quantitative estimate of drug-likeness (QED) is 0.896. The Balaban J connectivity index is 1.70. The zero-order chi connectivity index (χ0) is 11.0. The van der Waals surface area contributed by atoms with E-state index in [-0.39, 0.29) is 0 Å². The van der Waals surface area contributed by atoms with Gasteiger partial charge < -0.3 is 10.2 Å². The molecule has 2 bridgehead atoms. The number of anilines is 1. The van der Waals surface area contributed by atoms with Gasteiger partial charge in [-0.05, 0) is 43.5 Å². The summed E-state index contributed by atoms with van der Waals surface area (Å²) < 4.78 is 1.15. The first-order valence-corrected chi connectivity index (χ1v) is 6.85. The van der Waals surface area contributed by atoms with E-state index in [0.717, 1.165) is 10.4 Å². The van der Waals surface area contributed by atoms with Crippen molar-refractivity contribution in [2.24, 2.45) is 5.92 Å². The fourth-order valence-corrected chi connectivity index (χ4v) is 3.33. The van der Waals surface area contributed by atoms with Crippen LogP contribution in [-0.2, 0) is 0 Å². The number of nitrogens with one attached hydrogen (secondary N) is 1. The SMILES string of the molecule is Brc1cccc(NC2CCN3CCC2C3)c1. The molecule has 2 saturated heterocycles. The molecule has 1 N–H and O–H groups in total. The number of hydrogen-bond donors (Lipinski definition) is 1. The molecule has 16 heavy (non-hydrogen) atoms. The maximum atomic E-state index is 3.69. The molecular formula is C13H17BrN2. The Labute approximate surface area is 105 Å². The Kier molecular flexibility index (Phi) is 2.90. The van der Waals surface area contributed by atoms with Gasteiger partial charge >= 0.3 is 0 Å². The van der Waals surface area contributed by atoms with Gasteiger partial charge in [-0.15, -0.1) is 0 Å². The Morgan fingerprint density at radius 3 is 3.00 bits per heavy atom. The van der Waals surface area contributed by atoms with Crippen LogP contribution in [0.5, 0.6) is 0 Å². The van der Waals surface area contributed by atoms with Gasteiger partial charge in [0.05, 0.1) is 0 Å². The summed E-state index contributed by atoms with van der Waals surface area (Å²) in [4.78, 5) is 2.59. The topological polar surface area (TPSA) is 15.3 Å². The molecule has 0 saturated carbocycles. The number of fused-ring (bicyclic) bond motifs is 2. The molecular weight excluding hydrogens is 264 g/mol. The van der Waals surface area contributed by atoms with E-state index < -0.39 is 0 Å². The third-order valence-corrected chi connectivity index (χ3v) is 4.30. The number of benzene rings is 1. The smallest absolute Gasteiger partial charge is 0.0353 e. The summed E-state index contributed by atoms with van der Waals surface area (Å²) in [7, 11) is 0. The van der Waals surface area contributed by atoms with E-state index in [2.05, 4.69) is 50.4 Å². The Morgan fingerprint density at radius 1 is 1.25 bits per heavy atom. The van der Waals surface area contributed by atoms with Crippen molar-refractivity contribution in [1.29, 1.82) is 0 Å². The summed E-state index contributed by atoms with van der Waals surface area (Å²) >= 11 is 3.52. The van der Waals surface area contributed by atoms with Crippen LogP contribution in [0, 0.1) is 5.92 Å². The Hall–Kier alpha value is -0.540. The lowest BCUT2D eigenvalue weighted by atomic mass is 9.94. The van der Waals surface area contributed by atoms with Crippen LogP contribution in [0.25, 0.3) is 0 Å². The summed E-state index contributed by atoms with van der Waals surface area (Å²) in [5, 5.41) is 3.69. The molecule has 0 aliphatic carbocycles. The largest absolute Gasteiger partial charge is 0.382 e. The second-order valence-corrected chi connectivity index (χ2v) is 5.81. The molecule has 0 radical (unpaired) electrons. The second-order valence-electron chi connectivity index (χ2n) is 4.90. The van der Waals surface area contributed by atoms with Crippen molar-refractivity contribution < 1.29 is 0 Å². The minimum atomic E-state index is 0.674. The number of rotatable bonds is 2. The van der Waals surface area contributed by atoms with Gasteiger partial charge in [-0.2, -0.15) is 0 Å². The predicted octanol–water partition coefficient (Wildman–Crippen LogP) is 2.96. The van der Waals surface area contributed by atoms with Crippen LogP contribution in [0.3, 0.4) is 0 Å². The number of nitrogens with zero attached hydrogens (tertiary/aromatic N) is 1. The molecule has 3 heteroatoms. The number of piperidine rings is 1. The van der Waals surface area contributed by atoms with Crippen LogP contribution in [0.4, 0.5) is 5.69 Å². The van der Waals surface area contributed by atoms with Crippen molar-refractivity contribution in [2.45, 2.75) is 18.9 Å². The molecule has 0 amide bonds. The van der Waals surface area contributed by atoms with Crippen molar-refractivity contribution in [1.82, 2.24) is 4.90 Å². The van der Waals surface area contributed by atoms with Gasteiger partial charge in [0.2, 0.25) is 0 Å². The molecule has 3 rings (SSSR count). The monoisotopic (exact) mass is 280 g/mol. The highest BCUT2D eigenvalue weighted by molar-refractivity contribution is 9.10. The van der Waals surface area contributed by atoms with Crippen molar-refractivity contribution in [3.8, 4) is 0 Å². The van der Waals surface area contributed by atoms with E-state index >= 15 is 0 Å². The summed E-state index contributed by atoms with van der Waals surface area (Å²) in [5.41, 5.74) is 1.25. The molecule has 2 fully saturated rings. The first-order valence-electron chi connectivity index (χ1n) is 6.06. The third-order valence-electron chi connectivity index (χ3n) is 3.81. The minimum Gasteiger partial charge on any atom is -0.382 e. The van der Waals surface area contributed by atoms with E-state index in [1.807, 2.05) is 0 Å². The summed E-state index contributed by atoms with van der Waals surface area (Å²) in [5.74, 6) is 0.854. The van der Waals surface area contributed by atoms with E-state index in [0.29, 0.717) is 6.04 Å². The van der Waals surface area contributed by atoms with Gasteiger partial charge in [-0.3, -0.25) is 0 Å². The van der Waals surface area contributed by atoms with Crippen molar-refractivity contribution >= 4 is 21.6 Å². The highest BCUT2D eigenvalue weighted by atomic mass is 79.9.